The maximum absolute atomic E-state index is 11.1. The molecule has 0 heterocycles. The van der Waals surface area contributed by atoms with Gasteiger partial charge in [0, 0.05) is 18.4 Å². The van der Waals surface area contributed by atoms with Gasteiger partial charge in [0.25, 0.3) is 0 Å². The molecule has 0 unspecified atom stereocenters. The average molecular weight is 245 g/mol. The average Bonchev–Trinajstić information content (AvgIpc) is 2.93. The number of hydrogen-bond acceptors (Lipinski definition) is 5. The van der Waals surface area contributed by atoms with Crippen molar-refractivity contribution in [3.05, 3.63) is 0 Å². The number of rotatable bonds is 4. The van der Waals surface area contributed by atoms with Gasteiger partial charge in [0.15, 0.2) is 5.60 Å². The summed E-state index contributed by atoms with van der Waals surface area (Å²) in [6.45, 7) is -0.549. The van der Waals surface area contributed by atoms with Gasteiger partial charge < -0.3 is 26.2 Å². The number of carboxylic acid groups (broad SMARTS) is 2. The molecule has 5 atom stereocenters. The first-order valence-electron chi connectivity index (χ1n) is 5.37. The number of hydrogen-bond donors (Lipinski definition) is 5. The van der Waals surface area contributed by atoms with Gasteiger partial charge in [0.05, 0.1) is 11.5 Å². The molecule has 2 rings (SSSR count). The molecule has 0 spiro atoms. The van der Waals surface area contributed by atoms with Crippen LogP contribution in [0.2, 0.25) is 0 Å². The summed E-state index contributed by atoms with van der Waals surface area (Å²) in [6, 6.07) is 0. The fraction of sp³-hybridized carbons (Fsp3) is 0.800. The predicted octanol–water partition coefficient (Wildman–Crippen LogP) is -1.77. The zero-order valence-corrected chi connectivity index (χ0v) is 9.04. The van der Waals surface area contributed by atoms with E-state index in [1.165, 1.54) is 0 Å². The molecule has 2 aliphatic rings. The number of nitrogens with two attached hydrogens (primary N) is 1. The van der Waals surface area contributed by atoms with Crippen molar-refractivity contribution in [3.8, 4) is 0 Å². The Balaban J connectivity index is 2.26. The molecule has 0 saturated heterocycles. The largest absolute Gasteiger partial charge is 0.481 e. The lowest BCUT2D eigenvalue weighted by Gasteiger charge is -2.32. The Morgan fingerprint density at radius 2 is 1.94 bits per heavy atom. The summed E-state index contributed by atoms with van der Waals surface area (Å²) in [6.07, 6.45) is -0.843. The van der Waals surface area contributed by atoms with Crippen LogP contribution in [-0.4, -0.2) is 50.6 Å². The van der Waals surface area contributed by atoms with Crippen molar-refractivity contribution < 1.29 is 30.0 Å². The van der Waals surface area contributed by atoms with Crippen molar-refractivity contribution in [2.24, 2.45) is 23.0 Å². The van der Waals surface area contributed by atoms with Crippen LogP contribution in [0.25, 0.3) is 0 Å². The molecule has 7 heteroatoms. The molecule has 0 bridgehead atoms. The third-order valence-electron chi connectivity index (χ3n) is 4.26. The normalized spacial score (nSPS) is 42.6. The van der Waals surface area contributed by atoms with Crippen LogP contribution < -0.4 is 5.73 Å². The van der Waals surface area contributed by atoms with Gasteiger partial charge in [0.1, 0.15) is 0 Å². The highest BCUT2D eigenvalue weighted by atomic mass is 16.4. The van der Waals surface area contributed by atoms with Crippen LogP contribution in [-0.2, 0) is 9.59 Å². The molecule has 0 aliphatic heterocycles. The molecule has 2 fully saturated rings. The lowest BCUT2D eigenvalue weighted by atomic mass is 9.80. The minimum Gasteiger partial charge on any atom is -0.481 e. The summed E-state index contributed by atoms with van der Waals surface area (Å²) in [5, 5.41) is 37.8. The minimum absolute atomic E-state index is 0.0475. The molecule has 0 aromatic carbocycles. The van der Waals surface area contributed by atoms with Crippen LogP contribution in [0, 0.1) is 17.3 Å². The van der Waals surface area contributed by atoms with Crippen molar-refractivity contribution in [2.75, 3.05) is 6.54 Å². The molecular formula is C10H15NO6. The summed E-state index contributed by atoms with van der Waals surface area (Å²) < 4.78 is 0. The summed E-state index contributed by atoms with van der Waals surface area (Å²) in [7, 11) is 0. The molecule has 7 nitrogen and oxygen atoms in total. The van der Waals surface area contributed by atoms with E-state index in [-0.39, 0.29) is 6.42 Å². The number of fused-ring (bicyclic) bond motifs is 1. The summed E-state index contributed by atoms with van der Waals surface area (Å²) >= 11 is 0. The Morgan fingerprint density at radius 1 is 1.35 bits per heavy atom. The van der Waals surface area contributed by atoms with E-state index < -0.39 is 47.4 Å². The highest BCUT2D eigenvalue weighted by Crippen LogP contribution is 2.66. The Hall–Kier alpha value is -1.18. The zero-order valence-electron chi connectivity index (χ0n) is 9.04. The van der Waals surface area contributed by atoms with Crippen molar-refractivity contribution >= 4 is 11.9 Å². The van der Waals surface area contributed by atoms with E-state index >= 15 is 0 Å². The fourth-order valence-corrected chi connectivity index (χ4v) is 2.99. The van der Waals surface area contributed by atoms with E-state index in [1.54, 1.807) is 0 Å². The Labute approximate surface area is 96.9 Å². The summed E-state index contributed by atoms with van der Waals surface area (Å²) in [4.78, 5) is 22.1. The maximum atomic E-state index is 11.1. The molecule has 0 amide bonds. The van der Waals surface area contributed by atoms with E-state index in [9.17, 15) is 19.8 Å². The highest BCUT2D eigenvalue weighted by Gasteiger charge is 2.73. The Bertz CT molecular complexity index is 385. The first kappa shape index (κ1) is 12.3. The molecule has 0 aromatic rings. The van der Waals surface area contributed by atoms with Crippen LogP contribution in [0.4, 0.5) is 0 Å². The lowest BCUT2D eigenvalue weighted by molar-refractivity contribution is -0.169. The van der Waals surface area contributed by atoms with Crippen LogP contribution in [0.1, 0.15) is 12.8 Å². The number of carboxylic acids is 2. The van der Waals surface area contributed by atoms with Gasteiger partial charge in [-0.2, -0.15) is 0 Å². The molecule has 6 N–H and O–H groups in total. The maximum Gasteiger partial charge on any atom is 0.337 e. The molecule has 2 saturated carbocycles. The molecule has 96 valence electrons. The standard InChI is InChI=1S/C10H15NO6/c11-3-10(17,8(15)16)5-2-9(7(13)14)1-4(9)6(5)12/h4-6,12,17H,1-3,11H2,(H,13,14)(H,15,16)/t4-,5-,6-,9-,10+/m0/s1. The first-order chi connectivity index (χ1) is 7.79. The smallest absolute Gasteiger partial charge is 0.337 e. The summed E-state index contributed by atoms with van der Waals surface area (Å²) in [5.74, 6) is -4.07. The predicted molar refractivity (Wildman–Crippen MR) is 53.9 cm³/mol. The number of aliphatic carboxylic acids is 2. The monoisotopic (exact) mass is 245 g/mol. The van der Waals surface area contributed by atoms with Gasteiger partial charge in [-0.05, 0) is 12.8 Å². The number of carbonyl (C=O) groups is 2. The third kappa shape index (κ3) is 1.39. The second kappa shape index (κ2) is 3.41. The second-order valence-electron chi connectivity index (χ2n) is 5.01. The van der Waals surface area contributed by atoms with E-state index in [2.05, 4.69) is 0 Å². The fourth-order valence-electron chi connectivity index (χ4n) is 2.99. The van der Waals surface area contributed by atoms with Crippen molar-refractivity contribution in [3.63, 3.8) is 0 Å². The lowest BCUT2D eigenvalue weighted by Crippen LogP contribution is -2.55. The van der Waals surface area contributed by atoms with Crippen molar-refractivity contribution in [1.29, 1.82) is 0 Å². The Kier molecular flexibility index (Phi) is 2.46. The molecular weight excluding hydrogens is 230 g/mol. The van der Waals surface area contributed by atoms with Crippen LogP contribution in [0.15, 0.2) is 0 Å². The number of aliphatic hydroxyl groups excluding tert-OH is 1. The Morgan fingerprint density at radius 3 is 2.29 bits per heavy atom. The van der Waals surface area contributed by atoms with E-state index in [0.717, 1.165) is 0 Å². The second-order valence-corrected chi connectivity index (χ2v) is 5.01. The van der Waals surface area contributed by atoms with E-state index in [4.69, 9.17) is 15.9 Å². The van der Waals surface area contributed by atoms with Crippen molar-refractivity contribution in [2.45, 2.75) is 24.5 Å². The van der Waals surface area contributed by atoms with Gasteiger partial charge in [-0.1, -0.05) is 0 Å². The molecule has 0 aromatic heterocycles. The van der Waals surface area contributed by atoms with Gasteiger partial charge >= 0.3 is 11.9 Å². The van der Waals surface area contributed by atoms with Gasteiger partial charge in [-0.3, -0.25) is 4.79 Å². The SMILES string of the molecule is NC[C@](O)(C(=O)O)[C@H]1C[C@@]2(C(=O)O)C[C@H]2[C@@H]1O. The minimum atomic E-state index is -2.25. The van der Waals surface area contributed by atoms with Crippen LogP contribution in [0.3, 0.4) is 0 Å². The highest BCUT2D eigenvalue weighted by molar-refractivity contribution is 5.82. The van der Waals surface area contributed by atoms with Crippen molar-refractivity contribution in [1.82, 2.24) is 0 Å². The topological polar surface area (TPSA) is 141 Å². The van der Waals surface area contributed by atoms with E-state index in [0.29, 0.717) is 6.42 Å². The van der Waals surface area contributed by atoms with Gasteiger partial charge in [-0.15, -0.1) is 0 Å². The quantitative estimate of drug-likeness (QED) is 0.394. The van der Waals surface area contributed by atoms with Crippen LogP contribution >= 0.6 is 0 Å². The summed E-state index contributed by atoms with van der Waals surface area (Å²) in [5.41, 5.74) is 1.92. The molecule has 0 radical (unpaired) electrons. The van der Waals surface area contributed by atoms with Gasteiger partial charge in [-0.25, -0.2) is 4.79 Å². The first-order valence-corrected chi connectivity index (χ1v) is 5.37. The third-order valence-corrected chi connectivity index (χ3v) is 4.26. The zero-order chi connectivity index (χ0) is 13.0. The molecule has 2 aliphatic carbocycles. The molecule has 17 heavy (non-hydrogen) atoms. The van der Waals surface area contributed by atoms with E-state index in [1.807, 2.05) is 0 Å². The van der Waals surface area contributed by atoms with Crippen LogP contribution in [0.5, 0.6) is 0 Å². The van der Waals surface area contributed by atoms with Gasteiger partial charge in [0.2, 0.25) is 0 Å². The number of aliphatic hydroxyl groups is 2.